The van der Waals surface area contributed by atoms with Crippen molar-refractivity contribution >= 4 is 0 Å². The van der Waals surface area contributed by atoms with Gasteiger partial charge in [-0.05, 0) is 20.8 Å². The van der Waals surface area contributed by atoms with Crippen LogP contribution in [-0.2, 0) is 6.54 Å². The Labute approximate surface area is 112 Å². The van der Waals surface area contributed by atoms with E-state index in [1.807, 2.05) is 25.3 Å². The number of methoxy groups -OCH3 is 1. The van der Waals surface area contributed by atoms with Crippen molar-refractivity contribution in [3.05, 3.63) is 30.1 Å². The lowest BCUT2D eigenvalue weighted by Crippen LogP contribution is -2.14. The minimum absolute atomic E-state index is 0.233. The molecule has 2 heterocycles. The molecule has 2 aromatic rings. The molecule has 0 aliphatic carbocycles. The van der Waals surface area contributed by atoms with E-state index in [2.05, 4.69) is 10.1 Å². The molecule has 0 saturated heterocycles. The molecule has 0 bridgehead atoms. The van der Waals surface area contributed by atoms with Gasteiger partial charge in [0.25, 0.3) is 0 Å². The molecule has 6 heteroatoms. The van der Waals surface area contributed by atoms with Crippen molar-refractivity contribution in [2.45, 2.75) is 39.5 Å². The largest absolute Gasteiger partial charge is 0.493 e. The second-order valence-electron chi connectivity index (χ2n) is 4.64. The number of aromatic nitrogens is 4. The number of rotatable bonds is 5. The Morgan fingerprint density at radius 3 is 2.68 bits per heavy atom. The molecule has 0 aromatic carbocycles. The molecule has 2 rings (SSSR count). The van der Waals surface area contributed by atoms with Crippen LogP contribution in [0.3, 0.4) is 0 Å². The number of imidazole rings is 1. The van der Waals surface area contributed by atoms with Gasteiger partial charge in [0.1, 0.15) is 11.8 Å². The Morgan fingerprint density at radius 2 is 2.11 bits per heavy atom. The summed E-state index contributed by atoms with van der Waals surface area (Å²) >= 11 is 0. The van der Waals surface area contributed by atoms with Gasteiger partial charge in [-0.15, -0.1) is 0 Å². The maximum Gasteiger partial charge on any atom is 0.163 e. The molecule has 2 aromatic heterocycles. The molecule has 0 aliphatic rings. The highest BCUT2D eigenvalue weighted by atomic mass is 16.5. The predicted molar refractivity (Wildman–Crippen MR) is 71.1 cm³/mol. The Kier molecular flexibility index (Phi) is 3.90. The summed E-state index contributed by atoms with van der Waals surface area (Å²) in [7, 11) is 1.58. The quantitative estimate of drug-likeness (QED) is 0.894. The highest BCUT2D eigenvalue weighted by Crippen LogP contribution is 2.30. The lowest BCUT2D eigenvalue weighted by molar-refractivity contribution is 0.191. The summed E-state index contributed by atoms with van der Waals surface area (Å²) < 4.78 is 8.95. The van der Waals surface area contributed by atoms with Crippen LogP contribution >= 0.6 is 0 Å². The third kappa shape index (κ3) is 2.35. The molecular formula is C13H20N4O2. The summed E-state index contributed by atoms with van der Waals surface area (Å²) in [4.78, 5) is 4.12. The highest BCUT2D eigenvalue weighted by Gasteiger charge is 2.24. The number of nitrogens with zero attached hydrogens (tertiary/aromatic N) is 4. The standard InChI is InChI=1S/C13H20N4O2/c1-5-17-12(11(19-4)7-15-17)13(18)10-6-14-8-16(10)9(2)3/h6-9,13,18H,5H2,1-4H3. The monoisotopic (exact) mass is 264 g/mol. The normalized spacial score (nSPS) is 12.9. The fraction of sp³-hybridized carbons (Fsp3) is 0.538. The molecule has 19 heavy (non-hydrogen) atoms. The maximum atomic E-state index is 10.6. The van der Waals surface area contributed by atoms with E-state index in [4.69, 9.17) is 4.74 Å². The summed E-state index contributed by atoms with van der Waals surface area (Å²) in [6, 6.07) is 0.233. The van der Waals surface area contributed by atoms with Crippen LogP contribution in [-0.4, -0.2) is 31.5 Å². The Hall–Kier alpha value is -1.82. The van der Waals surface area contributed by atoms with Crippen molar-refractivity contribution in [3.63, 3.8) is 0 Å². The van der Waals surface area contributed by atoms with E-state index in [0.29, 0.717) is 18.0 Å². The SMILES string of the molecule is CCn1ncc(OC)c1C(O)c1cncn1C(C)C. The lowest BCUT2D eigenvalue weighted by atomic mass is 10.1. The number of hydrogen-bond donors (Lipinski definition) is 1. The zero-order valence-corrected chi connectivity index (χ0v) is 11.7. The van der Waals surface area contributed by atoms with Crippen molar-refractivity contribution in [3.8, 4) is 5.75 Å². The summed E-state index contributed by atoms with van der Waals surface area (Å²) in [5, 5.41) is 14.8. The van der Waals surface area contributed by atoms with Gasteiger partial charge >= 0.3 is 0 Å². The summed E-state index contributed by atoms with van der Waals surface area (Å²) in [6.45, 7) is 6.74. The van der Waals surface area contributed by atoms with Gasteiger partial charge in [0.2, 0.25) is 0 Å². The van der Waals surface area contributed by atoms with Crippen LogP contribution in [0.15, 0.2) is 18.7 Å². The molecule has 0 radical (unpaired) electrons. The smallest absolute Gasteiger partial charge is 0.163 e. The molecule has 0 aliphatic heterocycles. The van der Waals surface area contributed by atoms with Crippen molar-refractivity contribution in [2.24, 2.45) is 0 Å². The first kappa shape index (κ1) is 13.6. The van der Waals surface area contributed by atoms with Crippen LogP contribution < -0.4 is 4.74 Å². The van der Waals surface area contributed by atoms with Crippen LogP contribution in [0.25, 0.3) is 0 Å². The topological polar surface area (TPSA) is 65.1 Å². The molecule has 1 unspecified atom stereocenters. The van der Waals surface area contributed by atoms with E-state index < -0.39 is 6.10 Å². The van der Waals surface area contributed by atoms with Crippen LogP contribution in [0.2, 0.25) is 0 Å². The van der Waals surface area contributed by atoms with E-state index in [-0.39, 0.29) is 6.04 Å². The predicted octanol–water partition coefficient (Wildman–Crippen LogP) is 1.77. The molecule has 0 saturated carbocycles. The minimum atomic E-state index is -0.803. The average molecular weight is 264 g/mol. The van der Waals surface area contributed by atoms with Gasteiger partial charge in [0, 0.05) is 12.6 Å². The van der Waals surface area contributed by atoms with E-state index in [0.717, 1.165) is 5.69 Å². The Morgan fingerprint density at radius 1 is 1.37 bits per heavy atom. The summed E-state index contributed by atoms with van der Waals surface area (Å²) in [6.07, 6.45) is 4.22. The van der Waals surface area contributed by atoms with E-state index in [1.165, 1.54) is 0 Å². The van der Waals surface area contributed by atoms with E-state index in [9.17, 15) is 5.11 Å². The first-order valence-electron chi connectivity index (χ1n) is 6.39. The van der Waals surface area contributed by atoms with Crippen molar-refractivity contribution < 1.29 is 9.84 Å². The second-order valence-corrected chi connectivity index (χ2v) is 4.64. The Balaban J connectivity index is 2.46. The van der Waals surface area contributed by atoms with Gasteiger partial charge in [-0.1, -0.05) is 0 Å². The van der Waals surface area contributed by atoms with Gasteiger partial charge in [0.05, 0.1) is 31.5 Å². The van der Waals surface area contributed by atoms with Gasteiger partial charge in [-0.25, -0.2) is 4.98 Å². The van der Waals surface area contributed by atoms with Crippen molar-refractivity contribution in [2.75, 3.05) is 7.11 Å². The molecule has 1 N–H and O–H groups in total. The molecule has 0 spiro atoms. The van der Waals surface area contributed by atoms with Gasteiger partial charge < -0.3 is 14.4 Å². The van der Waals surface area contributed by atoms with Crippen molar-refractivity contribution in [1.82, 2.24) is 19.3 Å². The molecule has 104 valence electrons. The van der Waals surface area contributed by atoms with E-state index >= 15 is 0 Å². The summed E-state index contributed by atoms with van der Waals surface area (Å²) in [5.41, 5.74) is 1.40. The van der Waals surface area contributed by atoms with Crippen LogP contribution in [0, 0.1) is 0 Å². The molecule has 0 fully saturated rings. The molecular weight excluding hydrogens is 244 g/mol. The zero-order valence-electron chi connectivity index (χ0n) is 11.7. The zero-order chi connectivity index (χ0) is 14.0. The number of ether oxygens (including phenoxy) is 1. The number of aryl methyl sites for hydroxylation is 1. The number of aliphatic hydroxyl groups excluding tert-OH is 1. The van der Waals surface area contributed by atoms with Crippen LogP contribution in [0.1, 0.15) is 44.3 Å². The van der Waals surface area contributed by atoms with Crippen LogP contribution in [0.4, 0.5) is 0 Å². The number of hydrogen-bond acceptors (Lipinski definition) is 4. The van der Waals surface area contributed by atoms with Gasteiger partial charge in [0.15, 0.2) is 5.75 Å². The van der Waals surface area contributed by atoms with Crippen LogP contribution in [0.5, 0.6) is 5.75 Å². The van der Waals surface area contributed by atoms with Gasteiger partial charge in [-0.3, -0.25) is 4.68 Å². The number of aliphatic hydroxyl groups is 1. The second kappa shape index (κ2) is 5.44. The minimum Gasteiger partial charge on any atom is -0.493 e. The third-order valence-corrected chi connectivity index (χ3v) is 3.16. The maximum absolute atomic E-state index is 10.6. The molecule has 1 atom stereocenters. The summed E-state index contributed by atoms with van der Waals surface area (Å²) in [5.74, 6) is 0.589. The fourth-order valence-corrected chi connectivity index (χ4v) is 2.16. The third-order valence-electron chi connectivity index (χ3n) is 3.16. The fourth-order valence-electron chi connectivity index (χ4n) is 2.16. The molecule has 0 amide bonds. The Bertz CT molecular complexity index is 523. The first-order valence-corrected chi connectivity index (χ1v) is 6.39. The van der Waals surface area contributed by atoms with Gasteiger partial charge in [-0.2, -0.15) is 5.10 Å². The van der Waals surface area contributed by atoms with Crippen molar-refractivity contribution in [1.29, 1.82) is 0 Å². The first-order chi connectivity index (χ1) is 9.10. The van der Waals surface area contributed by atoms with E-state index in [1.54, 1.807) is 30.5 Å². The highest BCUT2D eigenvalue weighted by molar-refractivity contribution is 5.32. The molecule has 6 nitrogen and oxygen atoms in total. The lowest BCUT2D eigenvalue weighted by Gasteiger charge is -2.18. The average Bonchev–Trinajstić information content (AvgIpc) is 3.03.